The highest BCUT2D eigenvalue weighted by Gasteiger charge is 1.97. The van der Waals surface area contributed by atoms with Crippen LogP contribution in [0.4, 0.5) is 0 Å². The van der Waals surface area contributed by atoms with E-state index in [1.165, 1.54) is 16.7 Å². The van der Waals surface area contributed by atoms with E-state index in [-0.39, 0.29) is 0 Å². The van der Waals surface area contributed by atoms with Crippen molar-refractivity contribution < 1.29 is 0 Å². The van der Waals surface area contributed by atoms with E-state index >= 15 is 0 Å². The Morgan fingerprint density at radius 1 is 1.07 bits per heavy atom. The average molecular weight is 246 g/mol. The molecular formula is C13H10Br. The van der Waals surface area contributed by atoms with Crippen LogP contribution in [-0.4, -0.2) is 0 Å². The highest BCUT2D eigenvalue weighted by atomic mass is 79.9. The monoisotopic (exact) mass is 245 g/mol. The van der Waals surface area contributed by atoms with E-state index in [9.17, 15) is 0 Å². The minimum Gasteiger partial charge on any atom is -0.0605 e. The van der Waals surface area contributed by atoms with Crippen LogP contribution in [0.3, 0.4) is 0 Å². The van der Waals surface area contributed by atoms with Gasteiger partial charge in [0, 0.05) is 4.47 Å². The van der Waals surface area contributed by atoms with Crippen molar-refractivity contribution in [2.45, 2.75) is 6.92 Å². The third kappa shape index (κ3) is 2.05. The standard InChI is InChI=1S/C13H10Br/c1-10-4-2-5-11(8-10)12-6-3-7-13(14)9-12/h2-3,5-9H,1H3. The summed E-state index contributed by atoms with van der Waals surface area (Å²) >= 11 is 3.47. The Kier molecular flexibility index (Phi) is 2.69. The van der Waals surface area contributed by atoms with Gasteiger partial charge in [-0.2, -0.15) is 0 Å². The molecule has 2 rings (SSSR count). The lowest BCUT2D eigenvalue weighted by Crippen LogP contribution is -1.79. The summed E-state index contributed by atoms with van der Waals surface area (Å²) < 4.78 is 1.11. The fourth-order valence-corrected chi connectivity index (χ4v) is 1.83. The summed E-state index contributed by atoms with van der Waals surface area (Å²) in [7, 11) is 0. The van der Waals surface area contributed by atoms with Crippen LogP contribution in [0.1, 0.15) is 5.56 Å². The van der Waals surface area contributed by atoms with E-state index in [0.29, 0.717) is 0 Å². The van der Waals surface area contributed by atoms with E-state index in [0.717, 1.165) is 4.47 Å². The van der Waals surface area contributed by atoms with E-state index in [1.807, 2.05) is 18.2 Å². The minimum absolute atomic E-state index is 1.11. The van der Waals surface area contributed by atoms with Crippen LogP contribution in [0.2, 0.25) is 0 Å². The van der Waals surface area contributed by atoms with Gasteiger partial charge < -0.3 is 0 Å². The first kappa shape index (κ1) is 9.47. The van der Waals surface area contributed by atoms with Crippen LogP contribution in [0.5, 0.6) is 0 Å². The van der Waals surface area contributed by atoms with Gasteiger partial charge in [-0.1, -0.05) is 46.3 Å². The van der Waals surface area contributed by atoms with Crippen LogP contribution in [0.25, 0.3) is 11.1 Å². The molecule has 0 unspecified atom stereocenters. The predicted molar refractivity (Wildman–Crippen MR) is 63.2 cm³/mol. The molecule has 0 fully saturated rings. The first-order valence-corrected chi connectivity index (χ1v) is 5.29. The zero-order valence-corrected chi connectivity index (χ0v) is 9.51. The zero-order chi connectivity index (χ0) is 9.97. The third-order valence-electron chi connectivity index (χ3n) is 2.10. The molecule has 0 saturated heterocycles. The Bertz CT molecular complexity index is 403. The van der Waals surface area contributed by atoms with Gasteiger partial charge in [-0.05, 0) is 41.8 Å². The molecule has 0 spiro atoms. The first-order valence-electron chi connectivity index (χ1n) is 4.50. The SMILES string of the molecule is Cc1[c]ccc(-c2cccc(Br)c2)c1. The number of hydrogen-bond acceptors (Lipinski definition) is 0. The maximum absolute atomic E-state index is 3.47. The molecule has 0 atom stereocenters. The summed E-state index contributed by atoms with van der Waals surface area (Å²) in [5.74, 6) is 0. The highest BCUT2D eigenvalue weighted by molar-refractivity contribution is 9.10. The van der Waals surface area contributed by atoms with Gasteiger partial charge in [0.1, 0.15) is 0 Å². The topological polar surface area (TPSA) is 0 Å². The van der Waals surface area contributed by atoms with Gasteiger partial charge in [-0.15, -0.1) is 0 Å². The van der Waals surface area contributed by atoms with Crippen molar-refractivity contribution in [3.63, 3.8) is 0 Å². The van der Waals surface area contributed by atoms with Crippen LogP contribution >= 0.6 is 15.9 Å². The van der Waals surface area contributed by atoms with Crippen molar-refractivity contribution in [1.82, 2.24) is 0 Å². The second kappa shape index (κ2) is 3.97. The van der Waals surface area contributed by atoms with Gasteiger partial charge >= 0.3 is 0 Å². The van der Waals surface area contributed by atoms with Gasteiger partial charge in [0.05, 0.1) is 0 Å². The molecule has 2 aromatic rings. The molecule has 0 heterocycles. The summed E-state index contributed by atoms with van der Waals surface area (Å²) in [4.78, 5) is 0. The maximum atomic E-state index is 3.47. The number of aryl methyl sites for hydroxylation is 1. The molecule has 69 valence electrons. The van der Waals surface area contributed by atoms with Gasteiger partial charge in [0.15, 0.2) is 0 Å². The molecule has 0 saturated carbocycles. The molecule has 0 amide bonds. The third-order valence-corrected chi connectivity index (χ3v) is 2.60. The van der Waals surface area contributed by atoms with Crippen molar-refractivity contribution in [2.75, 3.05) is 0 Å². The Morgan fingerprint density at radius 3 is 2.57 bits per heavy atom. The molecule has 0 N–H and O–H groups in total. The van der Waals surface area contributed by atoms with Crippen LogP contribution in [0, 0.1) is 13.0 Å². The summed E-state index contributed by atoms with van der Waals surface area (Å²) in [6.45, 7) is 2.06. The fraction of sp³-hybridized carbons (Fsp3) is 0.0769. The Hall–Kier alpha value is -1.08. The molecule has 0 bridgehead atoms. The number of rotatable bonds is 1. The molecule has 2 aromatic carbocycles. The van der Waals surface area contributed by atoms with Crippen LogP contribution in [0.15, 0.2) is 46.9 Å². The summed E-state index contributed by atoms with van der Waals surface area (Å²) in [6.07, 6.45) is 0. The van der Waals surface area contributed by atoms with Gasteiger partial charge in [0.2, 0.25) is 0 Å². The molecule has 1 radical (unpaired) electrons. The maximum Gasteiger partial charge on any atom is 0.0181 e. The molecule has 0 aliphatic rings. The van der Waals surface area contributed by atoms with E-state index in [1.54, 1.807) is 0 Å². The van der Waals surface area contributed by atoms with Crippen molar-refractivity contribution in [3.05, 3.63) is 58.6 Å². The molecular weight excluding hydrogens is 236 g/mol. The largest absolute Gasteiger partial charge is 0.0605 e. The van der Waals surface area contributed by atoms with Crippen LogP contribution in [-0.2, 0) is 0 Å². The molecule has 0 aromatic heterocycles. The number of hydrogen-bond donors (Lipinski definition) is 0. The molecule has 0 aliphatic carbocycles. The van der Waals surface area contributed by atoms with Gasteiger partial charge in [-0.3, -0.25) is 0 Å². The normalized spacial score (nSPS) is 10.1. The summed E-state index contributed by atoms with van der Waals surface area (Å²) in [5, 5.41) is 0. The number of benzene rings is 2. The van der Waals surface area contributed by atoms with E-state index in [2.05, 4.69) is 53.2 Å². The lowest BCUT2D eigenvalue weighted by Gasteiger charge is -2.02. The molecule has 1 heteroatoms. The summed E-state index contributed by atoms with van der Waals surface area (Å²) in [5.41, 5.74) is 3.64. The molecule has 0 aliphatic heterocycles. The van der Waals surface area contributed by atoms with Crippen molar-refractivity contribution in [3.8, 4) is 11.1 Å². The zero-order valence-electron chi connectivity index (χ0n) is 7.92. The second-order valence-electron chi connectivity index (χ2n) is 3.27. The smallest absolute Gasteiger partial charge is 0.0181 e. The fourth-order valence-electron chi connectivity index (χ4n) is 1.43. The molecule has 0 nitrogen and oxygen atoms in total. The van der Waals surface area contributed by atoms with Gasteiger partial charge in [0.25, 0.3) is 0 Å². The Labute approximate surface area is 92.7 Å². The lowest BCUT2D eigenvalue weighted by atomic mass is 10.0. The Balaban J connectivity index is 2.49. The highest BCUT2D eigenvalue weighted by Crippen LogP contribution is 2.23. The summed E-state index contributed by atoms with van der Waals surface area (Å²) in [6, 6.07) is 17.6. The average Bonchev–Trinajstić information content (AvgIpc) is 2.18. The van der Waals surface area contributed by atoms with Crippen molar-refractivity contribution >= 4 is 15.9 Å². The van der Waals surface area contributed by atoms with Gasteiger partial charge in [-0.25, -0.2) is 0 Å². The Morgan fingerprint density at radius 2 is 1.86 bits per heavy atom. The minimum atomic E-state index is 1.11. The number of halogens is 1. The second-order valence-corrected chi connectivity index (χ2v) is 4.19. The van der Waals surface area contributed by atoms with Crippen molar-refractivity contribution in [1.29, 1.82) is 0 Å². The predicted octanol–water partition coefficient (Wildman–Crippen LogP) is 4.22. The first-order chi connectivity index (χ1) is 6.75. The van der Waals surface area contributed by atoms with Crippen molar-refractivity contribution in [2.24, 2.45) is 0 Å². The quantitative estimate of drug-likeness (QED) is 0.706. The van der Waals surface area contributed by atoms with E-state index < -0.39 is 0 Å². The van der Waals surface area contributed by atoms with E-state index in [4.69, 9.17) is 0 Å². The molecule has 14 heavy (non-hydrogen) atoms. The lowest BCUT2D eigenvalue weighted by molar-refractivity contribution is 1.45. The van der Waals surface area contributed by atoms with Crippen LogP contribution < -0.4 is 0 Å².